The van der Waals surface area contributed by atoms with Gasteiger partial charge in [-0.1, -0.05) is 71.4 Å². The van der Waals surface area contributed by atoms with Crippen molar-refractivity contribution in [1.29, 1.82) is 0 Å². The van der Waals surface area contributed by atoms with Gasteiger partial charge >= 0.3 is 49.4 Å². The Hall–Kier alpha value is 1.22. The Morgan fingerprint density at radius 1 is 1.05 bits per heavy atom. The number of nitrogens with one attached hydrogen (secondary N) is 1. The van der Waals surface area contributed by atoms with Crippen LogP contribution in [0.5, 0.6) is 0 Å². The second-order valence-electron chi connectivity index (χ2n) is 3.52. The molecule has 1 aromatic carbocycles. The van der Waals surface area contributed by atoms with Crippen LogP contribution in [0.25, 0.3) is 0 Å². The molecular weight excluding hydrogens is 511 g/mol. The Bertz CT molecular complexity index is 239. The second-order valence-corrected chi connectivity index (χ2v) is 15.3. The van der Waals surface area contributed by atoms with Gasteiger partial charge in [0.05, 0.1) is 0 Å². The van der Waals surface area contributed by atoms with Gasteiger partial charge in [0.2, 0.25) is 0 Å². The minimum absolute atomic E-state index is 0.628. The van der Waals surface area contributed by atoms with E-state index in [4.69, 9.17) is 0 Å². The summed E-state index contributed by atoms with van der Waals surface area (Å²) in [4.78, 5) is 0. The molecule has 20 heavy (non-hydrogen) atoms. The van der Waals surface area contributed by atoms with Crippen LogP contribution in [0, 0.1) is 0 Å². The maximum absolute atomic E-state index is 3.25. The third-order valence-electron chi connectivity index (χ3n) is 2.36. The molecule has 4 heteroatoms. The normalized spacial score (nSPS) is 9.60. The minimum atomic E-state index is 0.628. The molecule has 1 rings (SSSR count). The summed E-state index contributed by atoms with van der Waals surface area (Å²) >= 11 is 4.74. The van der Waals surface area contributed by atoms with E-state index in [1.54, 1.807) is 0 Å². The molecule has 0 bridgehead atoms. The third-order valence-corrected chi connectivity index (χ3v) is 2.36. The molecule has 119 valence electrons. The van der Waals surface area contributed by atoms with Crippen LogP contribution >= 0.6 is 40.0 Å². The van der Waals surface area contributed by atoms with Gasteiger partial charge < -0.3 is 5.32 Å². The fraction of sp³-hybridized carbons (Fsp3) is 0.625. The zero-order chi connectivity index (χ0) is 16.2. The summed E-state index contributed by atoms with van der Waals surface area (Å²) in [6.07, 6.45) is 2.52. The molecule has 0 spiro atoms. The Balaban J connectivity index is -0.000000355. The average Bonchev–Trinajstić information content (AvgIpc) is 2.53. The van der Waals surface area contributed by atoms with E-state index in [1.807, 2.05) is 34.7 Å². The molecule has 0 aromatic heterocycles. The first kappa shape index (κ1) is 26.1. The van der Waals surface area contributed by atoms with E-state index in [9.17, 15) is 0 Å². The molecule has 0 fully saturated rings. The van der Waals surface area contributed by atoms with Crippen molar-refractivity contribution >= 4 is 40.0 Å². The summed E-state index contributed by atoms with van der Waals surface area (Å²) in [5.74, 6) is 0.677. The quantitative estimate of drug-likeness (QED) is 0.413. The van der Waals surface area contributed by atoms with Gasteiger partial charge in [0.15, 0.2) is 0 Å². The van der Waals surface area contributed by atoms with Gasteiger partial charge in [-0.3, -0.25) is 0 Å². The molecule has 1 N–H and O–H groups in total. The number of likely N-dealkylation sites (N-methyl/N-ethyl adjacent to an activating group) is 1. The Kier molecular flexibility index (Phi) is 32.9. The molecule has 1 unspecified atom stereocenters. The van der Waals surface area contributed by atoms with E-state index >= 15 is 0 Å². The second kappa shape index (κ2) is 25.2. The summed E-state index contributed by atoms with van der Waals surface area (Å²) in [7, 11) is 2.65. The first-order valence-corrected chi connectivity index (χ1v) is 16.4. The number of hydrogen-bond acceptors (Lipinski definition) is 1. The fourth-order valence-electron chi connectivity index (χ4n) is 1.71. The summed E-state index contributed by atoms with van der Waals surface area (Å²) in [6.45, 7) is 11.3. The van der Waals surface area contributed by atoms with Crippen LogP contribution < -0.4 is 5.32 Å². The van der Waals surface area contributed by atoms with Crippen molar-refractivity contribution in [2.75, 3.05) is 13.6 Å². The van der Waals surface area contributed by atoms with Crippen molar-refractivity contribution in [2.24, 2.45) is 0 Å². The van der Waals surface area contributed by atoms with Gasteiger partial charge in [-0.2, -0.15) is 0 Å². The van der Waals surface area contributed by atoms with Crippen molar-refractivity contribution in [3.05, 3.63) is 35.9 Å². The Morgan fingerprint density at radius 3 is 1.85 bits per heavy atom. The van der Waals surface area contributed by atoms with Crippen molar-refractivity contribution in [3.8, 4) is 0 Å². The van der Waals surface area contributed by atoms with E-state index in [0.29, 0.717) is 15.4 Å². The molecule has 0 radical (unpaired) electrons. The average molecular weight is 542 g/mol. The number of hydrogen-bond donors (Lipinski definition) is 1. The fourth-order valence-corrected chi connectivity index (χ4v) is 1.71. The molecule has 0 aliphatic heterocycles. The molecule has 0 amide bonds. The zero-order valence-corrected chi connectivity index (χ0v) is 19.5. The van der Waals surface area contributed by atoms with Crippen molar-refractivity contribution < 1.29 is 9.47 Å². The zero-order valence-electron chi connectivity index (χ0n) is 13.8. The van der Waals surface area contributed by atoms with Gasteiger partial charge in [-0.15, -0.1) is 0 Å². The summed E-state index contributed by atoms with van der Waals surface area (Å²) in [6, 6.07) is 10.8. The Labute approximate surface area is 156 Å². The number of benzene rings is 1. The molecule has 1 aromatic rings. The SMILES string of the molecule is CC.CC.CCCC(CNC)c1ccccc1.[I][V][I]. The van der Waals surface area contributed by atoms with Crippen LogP contribution in [0.15, 0.2) is 30.3 Å². The molecule has 0 aliphatic carbocycles. The first-order valence-electron chi connectivity index (χ1n) is 7.41. The van der Waals surface area contributed by atoms with Crippen LogP contribution in [-0.4, -0.2) is 13.6 Å². The topological polar surface area (TPSA) is 12.0 Å². The Morgan fingerprint density at radius 2 is 1.50 bits per heavy atom. The van der Waals surface area contributed by atoms with Crippen molar-refractivity contribution in [2.45, 2.75) is 53.4 Å². The van der Waals surface area contributed by atoms with Gasteiger partial charge in [-0.25, -0.2) is 0 Å². The number of rotatable bonds is 5. The number of halogens is 2. The molecule has 0 heterocycles. The van der Waals surface area contributed by atoms with Gasteiger partial charge in [-0.05, 0) is 24.9 Å². The van der Waals surface area contributed by atoms with Crippen LogP contribution in [-0.2, 0) is 9.47 Å². The maximum atomic E-state index is 3.25. The van der Waals surface area contributed by atoms with Crippen LogP contribution in [0.4, 0.5) is 0 Å². The van der Waals surface area contributed by atoms with E-state index < -0.39 is 0 Å². The van der Waals surface area contributed by atoms with Gasteiger partial charge in [0, 0.05) is 6.54 Å². The van der Waals surface area contributed by atoms with Crippen LogP contribution in [0.1, 0.15) is 58.9 Å². The standard InChI is InChI=1S/C12H19N.2C2H6.2HI.V/c1-3-7-12(10-13-2)11-8-5-4-6-9-11;2*1-2;;;/h4-6,8-9,12-13H,3,7,10H2,1-2H3;2*1-2H3;2*1H;/q;;;;;+2/p-2. The summed E-state index contributed by atoms with van der Waals surface area (Å²) < 4.78 is 0. The first-order chi connectivity index (χ1) is 9.79. The van der Waals surface area contributed by atoms with Crippen LogP contribution in [0.3, 0.4) is 0 Å². The van der Waals surface area contributed by atoms with E-state index in [1.165, 1.54) is 18.4 Å². The van der Waals surface area contributed by atoms with Crippen molar-refractivity contribution in [3.63, 3.8) is 0 Å². The van der Waals surface area contributed by atoms with Crippen molar-refractivity contribution in [1.82, 2.24) is 5.32 Å². The van der Waals surface area contributed by atoms with Gasteiger partial charge in [0.25, 0.3) is 0 Å². The molecule has 0 saturated carbocycles. The van der Waals surface area contributed by atoms with E-state index in [2.05, 4.69) is 82.5 Å². The third kappa shape index (κ3) is 17.3. The molecule has 1 nitrogen and oxygen atoms in total. The molecule has 1 atom stereocenters. The predicted octanol–water partition coefficient (Wildman–Crippen LogP) is 6.61. The monoisotopic (exact) mass is 542 g/mol. The molecule has 0 saturated heterocycles. The molecular formula is C16H31I2NV. The summed E-state index contributed by atoms with van der Waals surface area (Å²) in [5.41, 5.74) is 1.46. The van der Waals surface area contributed by atoms with E-state index in [0.717, 1.165) is 6.54 Å². The summed E-state index contributed by atoms with van der Waals surface area (Å²) in [5, 5.41) is 3.25. The van der Waals surface area contributed by atoms with Crippen LogP contribution in [0.2, 0.25) is 0 Å². The predicted molar refractivity (Wildman–Crippen MR) is 109 cm³/mol. The molecule has 0 aliphatic rings. The van der Waals surface area contributed by atoms with E-state index in [-0.39, 0.29) is 0 Å². The van der Waals surface area contributed by atoms with Gasteiger partial charge in [0.1, 0.15) is 0 Å².